The number of halogens is 1. The van der Waals surface area contributed by atoms with E-state index >= 15 is 0 Å². The molecule has 0 bridgehead atoms. The summed E-state index contributed by atoms with van der Waals surface area (Å²) in [7, 11) is -2.56. The molecule has 0 aromatic heterocycles. The summed E-state index contributed by atoms with van der Waals surface area (Å²) in [5, 5.41) is 0. The third-order valence-corrected chi connectivity index (χ3v) is 6.60. The van der Waals surface area contributed by atoms with Crippen LogP contribution in [-0.4, -0.2) is 55.6 Å². The van der Waals surface area contributed by atoms with Crippen LogP contribution in [0.5, 0.6) is 0 Å². The molecule has 2 aromatic rings. The Labute approximate surface area is 164 Å². The van der Waals surface area contributed by atoms with Crippen LogP contribution in [0, 0.1) is 5.82 Å². The molecule has 1 aliphatic heterocycles. The number of carbonyl (C=O) groups is 1. The number of hydrogen-bond donors (Lipinski definition) is 0. The van der Waals surface area contributed by atoms with Crippen LogP contribution in [0.3, 0.4) is 0 Å². The lowest BCUT2D eigenvalue weighted by atomic mass is 10.1. The monoisotopic (exact) mass is 406 g/mol. The molecule has 2 aromatic carbocycles. The fourth-order valence-electron chi connectivity index (χ4n) is 3.30. The zero-order chi connectivity index (χ0) is 20.1. The van der Waals surface area contributed by atoms with Gasteiger partial charge in [-0.3, -0.25) is 9.69 Å². The fraction of sp³-hybridized carbons (Fsp3) is 0.350. The minimum absolute atomic E-state index is 0.151. The molecule has 1 heterocycles. The Bertz CT molecular complexity index is 921. The largest absolute Gasteiger partial charge is 0.468 e. The summed E-state index contributed by atoms with van der Waals surface area (Å²) < 4.78 is 45.9. The SMILES string of the molecule is COC(=O)C1CN(Cc2ccccc2)CCS(=O)(=O)N1Cc1ccccc1F. The second-order valence-electron chi connectivity index (χ2n) is 6.71. The highest BCUT2D eigenvalue weighted by atomic mass is 32.2. The van der Waals surface area contributed by atoms with Gasteiger partial charge in [0.25, 0.3) is 0 Å². The smallest absolute Gasteiger partial charge is 0.325 e. The number of nitrogens with zero attached hydrogens (tertiary/aromatic N) is 2. The van der Waals surface area contributed by atoms with E-state index in [9.17, 15) is 17.6 Å². The van der Waals surface area contributed by atoms with Gasteiger partial charge in [0.15, 0.2) is 0 Å². The van der Waals surface area contributed by atoms with Crippen LogP contribution >= 0.6 is 0 Å². The minimum atomic E-state index is -3.78. The van der Waals surface area contributed by atoms with Gasteiger partial charge in [0.1, 0.15) is 11.9 Å². The van der Waals surface area contributed by atoms with Crippen molar-refractivity contribution in [3.8, 4) is 0 Å². The van der Waals surface area contributed by atoms with Crippen molar-refractivity contribution in [3.05, 3.63) is 71.5 Å². The molecule has 0 amide bonds. The molecule has 3 rings (SSSR count). The van der Waals surface area contributed by atoms with E-state index in [0.29, 0.717) is 6.54 Å². The number of carbonyl (C=O) groups excluding carboxylic acids is 1. The van der Waals surface area contributed by atoms with E-state index in [4.69, 9.17) is 4.74 Å². The molecule has 150 valence electrons. The normalized spacial score (nSPS) is 20.4. The third kappa shape index (κ3) is 4.76. The molecular formula is C20H23FN2O4S. The number of sulfonamides is 1. The highest BCUT2D eigenvalue weighted by Gasteiger charge is 2.40. The molecule has 0 saturated carbocycles. The second kappa shape index (κ2) is 8.81. The van der Waals surface area contributed by atoms with E-state index in [-0.39, 0.29) is 31.0 Å². The van der Waals surface area contributed by atoms with Gasteiger partial charge < -0.3 is 4.74 Å². The summed E-state index contributed by atoms with van der Waals surface area (Å²) in [4.78, 5) is 14.4. The lowest BCUT2D eigenvalue weighted by molar-refractivity contribution is -0.145. The van der Waals surface area contributed by atoms with Gasteiger partial charge in [-0.25, -0.2) is 12.8 Å². The number of rotatable bonds is 5. The lowest BCUT2D eigenvalue weighted by Gasteiger charge is -2.28. The topological polar surface area (TPSA) is 66.9 Å². The van der Waals surface area contributed by atoms with Gasteiger partial charge in [-0.05, 0) is 11.6 Å². The van der Waals surface area contributed by atoms with Crippen molar-refractivity contribution in [2.75, 3.05) is 26.0 Å². The number of esters is 1. The standard InChI is InChI=1S/C20H23FN2O4S/c1-27-20(24)19-15-22(13-16-7-3-2-4-8-16)11-12-28(25,26)23(19)14-17-9-5-6-10-18(17)21/h2-10,19H,11-15H2,1H3. The minimum Gasteiger partial charge on any atom is -0.468 e. The van der Waals surface area contributed by atoms with Crippen molar-refractivity contribution in [3.63, 3.8) is 0 Å². The van der Waals surface area contributed by atoms with E-state index in [0.717, 1.165) is 9.87 Å². The molecule has 1 unspecified atom stereocenters. The number of hydrogen-bond acceptors (Lipinski definition) is 5. The summed E-state index contributed by atoms with van der Waals surface area (Å²) in [5.74, 6) is -1.31. The Hall–Kier alpha value is -2.29. The molecule has 28 heavy (non-hydrogen) atoms. The summed E-state index contributed by atoms with van der Waals surface area (Å²) >= 11 is 0. The zero-order valence-corrected chi connectivity index (χ0v) is 16.4. The Morgan fingerprint density at radius 1 is 1.11 bits per heavy atom. The lowest BCUT2D eigenvalue weighted by Crippen LogP contribution is -2.48. The molecule has 1 fully saturated rings. The molecule has 1 atom stereocenters. The van der Waals surface area contributed by atoms with Crippen molar-refractivity contribution < 1.29 is 22.3 Å². The van der Waals surface area contributed by atoms with Crippen molar-refractivity contribution in [2.45, 2.75) is 19.1 Å². The highest BCUT2D eigenvalue weighted by Crippen LogP contribution is 2.22. The van der Waals surface area contributed by atoms with Crippen LogP contribution in [0.4, 0.5) is 4.39 Å². The third-order valence-electron chi connectivity index (χ3n) is 4.81. The molecule has 1 saturated heterocycles. The predicted octanol–water partition coefficient (Wildman–Crippen LogP) is 2.01. The van der Waals surface area contributed by atoms with Crippen molar-refractivity contribution in [1.82, 2.24) is 9.21 Å². The van der Waals surface area contributed by atoms with Gasteiger partial charge in [-0.2, -0.15) is 4.31 Å². The van der Waals surface area contributed by atoms with Gasteiger partial charge in [-0.1, -0.05) is 48.5 Å². The average Bonchev–Trinajstić information content (AvgIpc) is 2.81. The van der Waals surface area contributed by atoms with Crippen molar-refractivity contribution >= 4 is 16.0 Å². The summed E-state index contributed by atoms with van der Waals surface area (Å²) in [6, 6.07) is 14.5. The fourth-order valence-corrected chi connectivity index (χ4v) is 4.90. The molecule has 6 nitrogen and oxygen atoms in total. The first kappa shape index (κ1) is 20.4. The van der Waals surface area contributed by atoms with Crippen LogP contribution < -0.4 is 0 Å². The van der Waals surface area contributed by atoms with Crippen LogP contribution in [0.2, 0.25) is 0 Å². The first-order valence-corrected chi connectivity index (χ1v) is 10.6. The summed E-state index contributed by atoms with van der Waals surface area (Å²) in [6.45, 7) is 0.749. The van der Waals surface area contributed by atoms with Gasteiger partial charge in [0, 0.05) is 31.7 Å². The van der Waals surface area contributed by atoms with Crippen molar-refractivity contribution in [1.29, 1.82) is 0 Å². The van der Waals surface area contributed by atoms with E-state index in [2.05, 4.69) is 0 Å². The van der Waals surface area contributed by atoms with E-state index < -0.39 is 27.9 Å². The van der Waals surface area contributed by atoms with Crippen LogP contribution in [0.1, 0.15) is 11.1 Å². The molecule has 0 aliphatic carbocycles. The molecule has 1 aliphatic rings. The van der Waals surface area contributed by atoms with E-state index in [1.807, 2.05) is 35.2 Å². The predicted molar refractivity (Wildman–Crippen MR) is 103 cm³/mol. The van der Waals surface area contributed by atoms with Crippen LogP contribution in [0.15, 0.2) is 54.6 Å². The Balaban J connectivity index is 1.90. The number of ether oxygens (including phenoxy) is 1. The quantitative estimate of drug-likeness (QED) is 0.711. The number of benzene rings is 2. The van der Waals surface area contributed by atoms with Gasteiger partial charge in [-0.15, -0.1) is 0 Å². The average molecular weight is 406 g/mol. The first-order chi connectivity index (χ1) is 13.4. The van der Waals surface area contributed by atoms with Crippen molar-refractivity contribution in [2.24, 2.45) is 0 Å². The maximum Gasteiger partial charge on any atom is 0.325 e. The maximum absolute atomic E-state index is 14.1. The van der Waals surface area contributed by atoms with Gasteiger partial charge in [0.05, 0.1) is 12.9 Å². The molecule has 0 spiro atoms. The van der Waals surface area contributed by atoms with Crippen LogP contribution in [-0.2, 0) is 32.6 Å². The first-order valence-electron chi connectivity index (χ1n) is 8.98. The highest BCUT2D eigenvalue weighted by molar-refractivity contribution is 7.89. The zero-order valence-electron chi connectivity index (χ0n) is 15.6. The molecular weight excluding hydrogens is 383 g/mol. The van der Waals surface area contributed by atoms with E-state index in [1.54, 1.807) is 6.07 Å². The Kier molecular flexibility index (Phi) is 6.43. The Morgan fingerprint density at radius 3 is 2.46 bits per heavy atom. The van der Waals surface area contributed by atoms with Gasteiger partial charge >= 0.3 is 5.97 Å². The second-order valence-corrected chi connectivity index (χ2v) is 8.75. The van der Waals surface area contributed by atoms with Gasteiger partial charge in [0.2, 0.25) is 10.0 Å². The summed E-state index contributed by atoms with van der Waals surface area (Å²) in [5.41, 5.74) is 1.24. The van der Waals surface area contributed by atoms with E-state index in [1.165, 1.54) is 25.3 Å². The molecule has 0 N–H and O–H groups in total. The molecule has 0 radical (unpaired) electrons. The van der Waals surface area contributed by atoms with Crippen LogP contribution in [0.25, 0.3) is 0 Å². The molecule has 8 heteroatoms. The maximum atomic E-state index is 14.1. The number of methoxy groups -OCH3 is 1. The summed E-state index contributed by atoms with van der Waals surface area (Å²) in [6.07, 6.45) is 0. The Morgan fingerprint density at radius 2 is 1.79 bits per heavy atom.